The highest BCUT2D eigenvalue weighted by molar-refractivity contribution is 7.86. The third kappa shape index (κ3) is 4.62. The molecule has 0 bridgehead atoms. The van der Waals surface area contributed by atoms with Crippen LogP contribution in [0.4, 0.5) is 27.1 Å². The smallest absolute Gasteiger partial charge is 0.311 e. The van der Waals surface area contributed by atoms with Crippen molar-refractivity contribution in [3.63, 3.8) is 0 Å². The summed E-state index contributed by atoms with van der Waals surface area (Å²) in [5.74, 6) is -1.48. The lowest BCUT2D eigenvalue weighted by molar-refractivity contribution is -0.395. The van der Waals surface area contributed by atoms with Gasteiger partial charge in [-0.15, -0.1) is 0 Å². The van der Waals surface area contributed by atoms with Gasteiger partial charge in [-0.25, -0.2) is 0 Å². The first-order valence-corrected chi connectivity index (χ1v) is 10.00. The van der Waals surface area contributed by atoms with Crippen molar-refractivity contribution in [2.75, 3.05) is 5.32 Å². The Morgan fingerprint density at radius 1 is 0.862 bits per heavy atom. The van der Waals surface area contributed by atoms with Crippen molar-refractivity contribution in [3.8, 4) is 0 Å². The van der Waals surface area contributed by atoms with Crippen LogP contribution >= 0.6 is 0 Å². The zero-order chi connectivity index (χ0) is 22.3. The van der Waals surface area contributed by atoms with Gasteiger partial charge in [0.2, 0.25) is 5.82 Å². The summed E-state index contributed by atoms with van der Waals surface area (Å²) in [6, 6.07) is 1.84. The van der Waals surface area contributed by atoms with E-state index in [0.29, 0.717) is 18.2 Å². The maximum absolute atomic E-state index is 13.9. The van der Waals surface area contributed by atoms with Crippen LogP contribution in [0.1, 0.15) is 5.56 Å². The minimum absolute atomic E-state index is 0.229. The van der Waals surface area contributed by atoms with Gasteiger partial charge in [0.25, 0.3) is 25.9 Å². The molecular formula is C13H10FN3O10S2. The lowest BCUT2D eigenvalue weighted by Gasteiger charge is -2.14. The molecule has 13 nitrogen and oxygen atoms in total. The highest BCUT2D eigenvalue weighted by atomic mass is 32.2. The molecule has 0 aliphatic heterocycles. The fraction of sp³-hybridized carbons (Fsp3) is 0.0769. The maximum Gasteiger partial charge on any atom is 0.311 e. The minimum atomic E-state index is -5.13. The van der Waals surface area contributed by atoms with Crippen LogP contribution < -0.4 is 5.32 Å². The molecule has 29 heavy (non-hydrogen) atoms. The average Bonchev–Trinajstić information content (AvgIpc) is 2.51. The van der Waals surface area contributed by atoms with E-state index in [1.807, 2.05) is 0 Å². The lowest BCUT2D eigenvalue weighted by Crippen LogP contribution is -2.09. The van der Waals surface area contributed by atoms with Gasteiger partial charge in [-0.1, -0.05) is 0 Å². The Morgan fingerprint density at radius 3 is 1.83 bits per heavy atom. The molecule has 0 atom stereocenters. The molecule has 0 radical (unpaired) electrons. The SMILES string of the molecule is Cc1cc(Nc2cc(F)c([N+](=O)[O-])cc2[N+](=O)[O-])c(S(=O)(=O)O)cc1S(=O)(=O)O. The van der Waals surface area contributed by atoms with E-state index in [-0.39, 0.29) is 5.56 Å². The van der Waals surface area contributed by atoms with E-state index in [1.54, 1.807) is 0 Å². The van der Waals surface area contributed by atoms with Gasteiger partial charge < -0.3 is 5.32 Å². The van der Waals surface area contributed by atoms with Crippen LogP contribution in [0.5, 0.6) is 0 Å². The molecule has 2 rings (SSSR count). The van der Waals surface area contributed by atoms with E-state index in [2.05, 4.69) is 5.32 Å². The highest BCUT2D eigenvalue weighted by Crippen LogP contribution is 2.36. The molecule has 0 heterocycles. The first-order valence-electron chi connectivity index (χ1n) is 7.12. The number of benzene rings is 2. The Morgan fingerprint density at radius 2 is 1.38 bits per heavy atom. The van der Waals surface area contributed by atoms with Crippen LogP contribution in [0.2, 0.25) is 0 Å². The van der Waals surface area contributed by atoms with Crippen LogP contribution in [0.15, 0.2) is 34.1 Å². The van der Waals surface area contributed by atoms with Crippen molar-refractivity contribution in [1.82, 2.24) is 0 Å². The molecule has 16 heteroatoms. The molecule has 3 N–H and O–H groups in total. The van der Waals surface area contributed by atoms with E-state index in [1.165, 1.54) is 0 Å². The third-order valence-electron chi connectivity index (χ3n) is 3.56. The van der Waals surface area contributed by atoms with Gasteiger partial charge in [0.1, 0.15) is 10.6 Å². The Balaban J connectivity index is 2.78. The number of aryl methyl sites for hydroxylation is 1. The van der Waals surface area contributed by atoms with Crippen LogP contribution in [0.25, 0.3) is 0 Å². The monoisotopic (exact) mass is 451 g/mol. The number of hydrogen-bond acceptors (Lipinski definition) is 9. The molecule has 0 aromatic heterocycles. The van der Waals surface area contributed by atoms with Gasteiger partial charge in [0, 0.05) is 6.07 Å². The molecule has 0 spiro atoms. The van der Waals surface area contributed by atoms with E-state index >= 15 is 0 Å². The molecule has 2 aromatic carbocycles. The quantitative estimate of drug-likeness (QED) is 0.329. The first-order chi connectivity index (χ1) is 13.1. The van der Waals surface area contributed by atoms with Gasteiger partial charge >= 0.3 is 5.69 Å². The zero-order valence-electron chi connectivity index (χ0n) is 14.1. The van der Waals surface area contributed by atoms with E-state index in [9.17, 15) is 46.0 Å². The van der Waals surface area contributed by atoms with Crippen LogP contribution in [-0.4, -0.2) is 35.8 Å². The van der Waals surface area contributed by atoms with Crippen LogP contribution in [0.3, 0.4) is 0 Å². The molecule has 0 fully saturated rings. The van der Waals surface area contributed by atoms with Gasteiger partial charge in [0.15, 0.2) is 0 Å². The average molecular weight is 451 g/mol. The zero-order valence-corrected chi connectivity index (χ0v) is 15.7. The molecule has 0 saturated heterocycles. The number of nitrogens with one attached hydrogen (secondary N) is 1. The maximum atomic E-state index is 13.9. The Hall–Kier alpha value is -3.21. The molecule has 0 saturated carbocycles. The molecular weight excluding hydrogens is 441 g/mol. The Labute approximate surface area is 161 Å². The second kappa shape index (κ2) is 7.32. The van der Waals surface area contributed by atoms with Gasteiger partial charge in [-0.2, -0.15) is 21.2 Å². The molecule has 0 aliphatic rings. The predicted octanol–water partition coefficient (Wildman–Crippen LogP) is 2.19. The summed E-state index contributed by atoms with van der Waals surface area (Å²) >= 11 is 0. The summed E-state index contributed by atoms with van der Waals surface area (Å²) in [6.45, 7) is 1.13. The number of hydrogen-bond donors (Lipinski definition) is 3. The van der Waals surface area contributed by atoms with Crippen molar-refractivity contribution < 1.29 is 40.2 Å². The predicted molar refractivity (Wildman–Crippen MR) is 93.8 cm³/mol. The summed E-state index contributed by atoms with van der Waals surface area (Å²) in [4.78, 5) is 17.6. The minimum Gasteiger partial charge on any atom is -0.349 e. The van der Waals surface area contributed by atoms with Gasteiger partial charge in [-0.05, 0) is 24.6 Å². The second-order valence-corrected chi connectivity index (χ2v) is 8.30. The number of nitrogens with zero attached hydrogens (tertiary/aromatic N) is 2. The van der Waals surface area contributed by atoms with Gasteiger partial charge in [0.05, 0.1) is 26.5 Å². The Kier molecular flexibility index (Phi) is 5.57. The van der Waals surface area contributed by atoms with E-state index in [0.717, 1.165) is 13.0 Å². The van der Waals surface area contributed by atoms with E-state index < -0.39 is 68.4 Å². The van der Waals surface area contributed by atoms with Crippen LogP contribution in [-0.2, 0) is 20.2 Å². The van der Waals surface area contributed by atoms with Gasteiger partial charge in [-0.3, -0.25) is 29.3 Å². The largest absolute Gasteiger partial charge is 0.349 e. The van der Waals surface area contributed by atoms with E-state index in [4.69, 9.17) is 4.55 Å². The standard InChI is InChI=1S/C13H10FN3O10S2/c1-6-2-9(13(29(25,26)27)5-12(6)28(22,23)24)15-8-3-7(14)10(16(18)19)4-11(8)17(20)21/h2-5,15H,1H3,(H,22,23,24)(H,25,26,27). The summed E-state index contributed by atoms with van der Waals surface area (Å²) in [5, 5.41) is 24.1. The molecule has 0 amide bonds. The first kappa shape index (κ1) is 22.1. The second-order valence-electron chi connectivity index (χ2n) is 5.52. The fourth-order valence-corrected chi connectivity index (χ4v) is 3.81. The molecule has 156 valence electrons. The number of nitro groups is 2. The fourth-order valence-electron chi connectivity index (χ4n) is 2.35. The summed E-state index contributed by atoms with van der Waals surface area (Å²) in [7, 11) is -10.0. The molecule has 0 aliphatic carbocycles. The van der Waals surface area contributed by atoms with Crippen molar-refractivity contribution >= 4 is 43.0 Å². The topological polar surface area (TPSA) is 207 Å². The van der Waals surface area contributed by atoms with Crippen molar-refractivity contribution in [1.29, 1.82) is 0 Å². The van der Waals surface area contributed by atoms with Crippen molar-refractivity contribution in [2.24, 2.45) is 0 Å². The Bertz CT molecular complexity index is 1260. The normalized spacial score (nSPS) is 11.9. The number of nitro benzene ring substituents is 2. The molecule has 2 aromatic rings. The van der Waals surface area contributed by atoms with Crippen molar-refractivity contribution in [3.05, 3.63) is 55.9 Å². The number of halogens is 1. The highest BCUT2D eigenvalue weighted by Gasteiger charge is 2.28. The van der Waals surface area contributed by atoms with Crippen LogP contribution in [0, 0.1) is 33.0 Å². The summed E-state index contributed by atoms with van der Waals surface area (Å²) < 4.78 is 78.3. The summed E-state index contributed by atoms with van der Waals surface area (Å²) in [6.07, 6.45) is 0. The number of rotatable bonds is 6. The number of anilines is 2. The summed E-state index contributed by atoms with van der Waals surface area (Å²) in [5.41, 5.74) is -3.78. The third-order valence-corrected chi connectivity index (χ3v) is 5.45. The molecule has 0 unspecified atom stereocenters. The van der Waals surface area contributed by atoms with Crippen molar-refractivity contribution in [2.45, 2.75) is 16.7 Å². The lowest BCUT2D eigenvalue weighted by atomic mass is 10.2.